The van der Waals surface area contributed by atoms with E-state index in [4.69, 9.17) is 0 Å². The third kappa shape index (κ3) is 2.74. The lowest BCUT2D eigenvalue weighted by atomic mass is 9.98. The third-order valence-corrected chi connectivity index (χ3v) is 4.29. The van der Waals surface area contributed by atoms with Gasteiger partial charge in [0.1, 0.15) is 5.54 Å². The van der Waals surface area contributed by atoms with Crippen LogP contribution >= 0.6 is 11.8 Å². The molecule has 1 aromatic carbocycles. The Kier molecular flexibility index (Phi) is 3.93. The highest BCUT2D eigenvalue weighted by molar-refractivity contribution is 7.99. The van der Waals surface area contributed by atoms with E-state index in [1.807, 2.05) is 0 Å². The first-order chi connectivity index (χ1) is 9.44. The number of nitrogens with one attached hydrogen (secondary N) is 1. The predicted molar refractivity (Wildman–Crippen MR) is 72.9 cm³/mol. The Balaban J connectivity index is 2.21. The molecule has 1 aliphatic heterocycles. The maximum absolute atomic E-state index is 12.1. The molecule has 8 heteroatoms. The molecule has 1 saturated heterocycles. The van der Waals surface area contributed by atoms with E-state index in [1.165, 1.54) is 30.0 Å². The average molecular weight is 296 g/mol. The number of thioether (sulfide) groups is 1. The summed E-state index contributed by atoms with van der Waals surface area (Å²) in [5, 5.41) is 22.4. The molecule has 1 aliphatic rings. The Morgan fingerprint density at radius 1 is 1.45 bits per heavy atom. The fourth-order valence-electron chi connectivity index (χ4n) is 1.94. The number of hydrogen-bond acceptors (Lipinski definition) is 5. The molecule has 106 valence electrons. The van der Waals surface area contributed by atoms with Crippen LogP contribution in [-0.2, 0) is 4.79 Å². The van der Waals surface area contributed by atoms with Crippen LogP contribution in [0.2, 0.25) is 0 Å². The SMILES string of the molecule is O=C(NC1(C(=O)O)CCSC1)c1cccc([N+](=O)[O-])c1. The summed E-state index contributed by atoms with van der Waals surface area (Å²) >= 11 is 1.45. The number of nitrogens with zero attached hydrogens (tertiary/aromatic N) is 1. The number of carboxylic acids is 1. The van der Waals surface area contributed by atoms with Crippen molar-refractivity contribution in [3.8, 4) is 0 Å². The minimum Gasteiger partial charge on any atom is -0.479 e. The summed E-state index contributed by atoms with van der Waals surface area (Å²) in [6.07, 6.45) is 0.341. The Hall–Kier alpha value is -2.09. The first-order valence-corrected chi connectivity index (χ1v) is 6.98. The van der Waals surface area contributed by atoms with Gasteiger partial charge in [0.25, 0.3) is 11.6 Å². The molecule has 1 aromatic rings. The van der Waals surface area contributed by atoms with Crippen LogP contribution in [0.3, 0.4) is 0 Å². The molecule has 1 amide bonds. The van der Waals surface area contributed by atoms with Crippen LogP contribution in [-0.4, -0.2) is 39.0 Å². The van der Waals surface area contributed by atoms with Gasteiger partial charge in [-0.3, -0.25) is 14.9 Å². The number of carbonyl (C=O) groups excluding carboxylic acids is 1. The molecule has 1 unspecified atom stereocenters. The number of rotatable bonds is 4. The number of hydrogen-bond donors (Lipinski definition) is 2. The van der Waals surface area contributed by atoms with Crippen molar-refractivity contribution in [1.29, 1.82) is 0 Å². The minimum atomic E-state index is -1.29. The van der Waals surface area contributed by atoms with E-state index in [0.717, 1.165) is 6.07 Å². The van der Waals surface area contributed by atoms with Gasteiger partial charge in [0.15, 0.2) is 0 Å². The lowest BCUT2D eigenvalue weighted by Gasteiger charge is -2.24. The summed E-state index contributed by atoms with van der Waals surface area (Å²) in [6, 6.07) is 5.21. The van der Waals surface area contributed by atoms with Crippen LogP contribution in [0.15, 0.2) is 24.3 Å². The van der Waals surface area contributed by atoms with E-state index < -0.39 is 22.3 Å². The molecule has 0 radical (unpaired) electrons. The standard InChI is InChI=1S/C12H12N2O5S/c15-10(8-2-1-3-9(6-8)14(18)19)13-12(11(16)17)4-5-20-7-12/h1-3,6H,4-5,7H2,(H,13,15)(H,16,17). The van der Waals surface area contributed by atoms with Crippen molar-refractivity contribution in [2.75, 3.05) is 11.5 Å². The van der Waals surface area contributed by atoms with Crippen molar-refractivity contribution in [2.45, 2.75) is 12.0 Å². The number of carbonyl (C=O) groups is 2. The zero-order chi connectivity index (χ0) is 14.8. The average Bonchev–Trinajstić information content (AvgIpc) is 2.88. The van der Waals surface area contributed by atoms with Gasteiger partial charge in [-0.05, 0) is 18.2 Å². The van der Waals surface area contributed by atoms with E-state index in [9.17, 15) is 24.8 Å². The van der Waals surface area contributed by atoms with E-state index in [0.29, 0.717) is 17.9 Å². The molecule has 0 bridgehead atoms. The molecule has 0 spiro atoms. The van der Waals surface area contributed by atoms with Gasteiger partial charge in [-0.15, -0.1) is 0 Å². The maximum Gasteiger partial charge on any atom is 0.330 e. The van der Waals surface area contributed by atoms with Gasteiger partial charge >= 0.3 is 5.97 Å². The second-order valence-corrected chi connectivity index (χ2v) is 5.56. The maximum atomic E-state index is 12.1. The fraction of sp³-hybridized carbons (Fsp3) is 0.333. The van der Waals surface area contributed by atoms with Gasteiger partial charge in [0.05, 0.1) is 4.92 Å². The number of nitro benzene ring substituents is 1. The van der Waals surface area contributed by atoms with Crippen LogP contribution in [0, 0.1) is 10.1 Å². The normalized spacial score (nSPS) is 21.4. The molecule has 2 rings (SSSR count). The summed E-state index contributed by atoms with van der Waals surface area (Å²) in [5.41, 5.74) is -1.41. The highest BCUT2D eigenvalue weighted by Gasteiger charge is 2.43. The Morgan fingerprint density at radius 3 is 2.75 bits per heavy atom. The van der Waals surface area contributed by atoms with Gasteiger partial charge in [0.2, 0.25) is 0 Å². The van der Waals surface area contributed by atoms with Crippen molar-refractivity contribution in [1.82, 2.24) is 5.32 Å². The van der Waals surface area contributed by atoms with Crippen molar-refractivity contribution >= 4 is 29.3 Å². The Bertz CT molecular complexity index is 569. The van der Waals surface area contributed by atoms with Crippen LogP contribution in [0.25, 0.3) is 0 Å². The van der Waals surface area contributed by atoms with Crippen molar-refractivity contribution < 1.29 is 19.6 Å². The molecule has 0 aromatic heterocycles. The molecule has 0 saturated carbocycles. The Labute approximate surface area is 118 Å². The van der Waals surface area contributed by atoms with Gasteiger partial charge in [-0.1, -0.05) is 6.07 Å². The van der Waals surface area contributed by atoms with Gasteiger partial charge in [-0.2, -0.15) is 11.8 Å². The zero-order valence-corrected chi connectivity index (χ0v) is 11.2. The van der Waals surface area contributed by atoms with Crippen molar-refractivity contribution in [3.05, 3.63) is 39.9 Å². The predicted octanol–water partition coefficient (Wildman–Crippen LogP) is 1.28. The molecule has 1 heterocycles. The number of aliphatic carboxylic acids is 1. The Morgan fingerprint density at radius 2 is 2.20 bits per heavy atom. The molecule has 20 heavy (non-hydrogen) atoms. The number of benzene rings is 1. The fourth-order valence-corrected chi connectivity index (χ4v) is 3.26. The van der Waals surface area contributed by atoms with Crippen molar-refractivity contribution in [3.63, 3.8) is 0 Å². The van der Waals surface area contributed by atoms with Crippen LogP contribution in [0.5, 0.6) is 0 Å². The molecule has 1 atom stereocenters. The summed E-state index contributed by atoms with van der Waals surface area (Å²) in [5.74, 6) is -0.746. The van der Waals surface area contributed by atoms with Crippen LogP contribution in [0.4, 0.5) is 5.69 Å². The second kappa shape index (κ2) is 5.49. The van der Waals surface area contributed by atoms with Gasteiger partial charge in [-0.25, -0.2) is 4.79 Å². The zero-order valence-electron chi connectivity index (χ0n) is 10.4. The highest BCUT2D eigenvalue weighted by atomic mass is 32.2. The first kappa shape index (κ1) is 14.3. The monoisotopic (exact) mass is 296 g/mol. The smallest absolute Gasteiger partial charge is 0.330 e. The first-order valence-electron chi connectivity index (χ1n) is 5.83. The van der Waals surface area contributed by atoms with E-state index >= 15 is 0 Å². The molecule has 2 N–H and O–H groups in total. The van der Waals surface area contributed by atoms with Gasteiger partial charge in [0, 0.05) is 23.4 Å². The molecule has 0 aliphatic carbocycles. The molecular formula is C12H12N2O5S. The largest absolute Gasteiger partial charge is 0.479 e. The van der Waals surface area contributed by atoms with E-state index in [2.05, 4.69) is 5.32 Å². The molecular weight excluding hydrogens is 284 g/mol. The van der Waals surface area contributed by atoms with Gasteiger partial charge < -0.3 is 10.4 Å². The number of non-ortho nitro benzene ring substituents is 1. The number of nitro groups is 1. The molecule has 1 fully saturated rings. The lowest BCUT2D eigenvalue weighted by molar-refractivity contribution is -0.384. The second-order valence-electron chi connectivity index (χ2n) is 4.45. The minimum absolute atomic E-state index is 0.0803. The van der Waals surface area contributed by atoms with Crippen LogP contribution < -0.4 is 5.32 Å². The lowest BCUT2D eigenvalue weighted by Crippen LogP contribution is -2.54. The highest BCUT2D eigenvalue weighted by Crippen LogP contribution is 2.28. The summed E-state index contributed by atoms with van der Waals surface area (Å²) < 4.78 is 0. The summed E-state index contributed by atoms with van der Waals surface area (Å²) in [7, 11) is 0. The topological polar surface area (TPSA) is 110 Å². The third-order valence-electron chi connectivity index (χ3n) is 3.10. The molecule has 7 nitrogen and oxygen atoms in total. The quantitative estimate of drug-likeness (QED) is 0.640. The summed E-state index contributed by atoms with van der Waals surface area (Å²) in [6.45, 7) is 0. The number of carboxylic acid groups (broad SMARTS) is 1. The van der Waals surface area contributed by atoms with E-state index in [1.54, 1.807) is 0 Å². The van der Waals surface area contributed by atoms with Crippen molar-refractivity contribution in [2.24, 2.45) is 0 Å². The summed E-state index contributed by atoms with van der Waals surface area (Å²) in [4.78, 5) is 33.5. The number of amides is 1. The van der Waals surface area contributed by atoms with E-state index in [-0.39, 0.29) is 11.3 Å². The van der Waals surface area contributed by atoms with Crippen LogP contribution in [0.1, 0.15) is 16.8 Å².